The molecule has 0 saturated heterocycles. The predicted octanol–water partition coefficient (Wildman–Crippen LogP) is 7.70. The van der Waals surface area contributed by atoms with Crippen molar-refractivity contribution in [1.82, 2.24) is 0 Å². The number of carbonyl (C=O) groups is 4. The zero-order valence-corrected chi connectivity index (χ0v) is 24.2. The van der Waals surface area contributed by atoms with Gasteiger partial charge in [-0.05, 0) is 25.7 Å². The van der Waals surface area contributed by atoms with Crippen molar-refractivity contribution < 1.29 is 38.4 Å². The van der Waals surface area contributed by atoms with E-state index in [4.69, 9.17) is 0 Å². The van der Waals surface area contributed by atoms with Crippen LogP contribution in [0.2, 0.25) is 0 Å². The maximum absolute atomic E-state index is 11.7. The molecule has 0 amide bonds. The van der Waals surface area contributed by atoms with Crippen LogP contribution in [0.15, 0.2) is 0 Å². The van der Waals surface area contributed by atoms with Crippen LogP contribution in [0, 0.1) is 0 Å². The lowest BCUT2D eigenvalue weighted by Crippen LogP contribution is -2.11. The average molecular weight is 543 g/mol. The minimum atomic E-state index is -0.476. The molecule has 0 aromatic heterocycles. The molecule has 8 nitrogen and oxygen atoms in total. The molecular formula is C30H54O8. The van der Waals surface area contributed by atoms with E-state index in [0.29, 0.717) is 12.8 Å². The fourth-order valence-electron chi connectivity index (χ4n) is 4.29. The quantitative estimate of drug-likeness (QED) is 0.0474. The zero-order chi connectivity index (χ0) is 28.1. The van der Waals surface area contributed by atoms with E-state index in [1.807, 2.05) is 0 Å². The number of esters is 2. The number of carbonyl (C=O) groups excluding carboxylic acids is 4. The molecule has 0 heterocycles. The van der Waals surface area contributed by atoms with E-state index in [1.165, 1.54) is 52.7 Å². The van der Waals surface area contributed by atoms with E-state index >= 15 is 0 Å². The molecule has 222 valence electrons. The number of rotatable bonds is 26. The van der Waals surface area contributed by atoms with Crippen molar-refractivity contribution in [3.05, 3.63) is 0 Å². The van der Waals surface area contributed by atoms with E-state index in [1.54, 1.807) is 0 Å². The summed E-state index contributed by atoms with van der Waals surface area (Å²) in [7, 11) is 2.85. The Morgan fingerprint density at radius 2 is 0.500 bits per heavy atom. The Hall–Kier alpha value is -2.12. The van der Waals surface area contributed by atoms with Gasteiger partial charge in [-0.1, -0.05) is 103 Å². The molecule has 0 aliphatic rings. The molecule has 8 heteroatoms. The third kappa shape index (κ3) is 26.9. The van der Waals surface area contributed by atoms with E-state index < -0.39 is 11.9 Å². The molecule has 0 unspecified atom stereocenters. The highest BCUT2D eigenvalue weighted by molar-refractivity contribution is 5.72. The molecule has 0 N–H and O–H groups in total. The summed E-state index contributed by atoms with van der Waals surface area (Å²) >= 11 is 0. The summed E-state index contributed by atoms with van der Waals surface area (Å²) in [5.41, 5.74) is 0. The molecule has 0 aromatic rings. The minimum Gasteiger partial charge on any atom is -0.469 e. The number of unbranched alkanes of at least 4 members (excludes halogenated alkanes) is 18. The molecule has 0 radical (unpaired) electrons. The average Bonchev–Trinajstić information content (AvgIpc) is 2.92. The largest absolute Gasteiger partial charge is 0.469 e. The summed E-state index contributed by atoms with van der Waals surface area (Å²) < 4.78 is 9.26. The molecule has 0 bridgehead atoms. The standard InChI is InChI=1S/C30H54O8/c1-35-27(31)23-19-15-11-7-3-5-9-13-17-21-25-29(33)37-38-30(34)26-22-18-14-10-6-4-8-12-16-20-24-28(32)36-2/h3-26H2,1-2H3. The van der Waals surface area contributed by atoms with Gasteiger partial charge in [0.2, 0.25) is 0 Å². The lowest BCUT2D eigenvalue weighted by atomic mass is 10.1. The molecule has 38 heavy (non-hydrogen) atoms. The summed E-state index contributed by atoms with van der Waals surface area (Å²) in [5.74, 6) is -1.21. The first-order valence-corrected chi connectivity index (χ1v) is 15.0. The van der Waals surface area contributed by atoms with Crippen LogP contribution >= 0.6 is 0 Å². The lowest BCUT2D eigenvalue weighted by Gasteiger charge is -2.05. The Labute approximate surface area is 230 Å². The van der Waals surface area contributed by atoms with E-state index in [9.17, 15) is 19.2 Å². The van der Waals surface area contributed by atoms with Gasteiger partial charge in [-0.15, -0.1) is 0 Å². The summed E-state index contributed by atoms with van der Waals surface area (Å²) in [5, 5.41) is 0. The van der Waals surface area contributed by atoms with Gasteiger partial charge in [0.05, 0.1) is 27.1 Å². The minimum absolute atomic E-state index is 0.126. The maximum atomic E-state index is 11.7. The van der Waals surface area contributed by atoms with Gasteiger partial charge in [0.15, 0.2) is 0 Å². The summed E-state index contributed by atoms with van der Waals surface area (Å²) in [4.78, 5) is 54.8. The highest BCUT2D eigenvalue weighted by Gasteiger charge is 2.09. The summed E-state index contributed by atoms with van der Waals surface area (Å²) in [6, 6.07) is 0. The molecule has 0 aromatic carbocycles. The van der Waals surface area contributed by atoms with Gasteiger partial charge in [-0.25, -0.2) is 19.4 Å². The number of ether oxygens (including phenoxy) is 2. The van der Waals surface area contributed by atoms with Crippen molar-refractivity contribution in [2.75, 3.05) is 14.2 Å². The van der Waals surface area contributed by atoms with Gasteiger partial charge < -0.3 is 9.47 Å². The first-order valence-electron chi connectivity index (χ1n) is 15.0. The highest BCUT2D eigenvalue weighted by atomic mass is 17.2. The normalized spacial score (nSPS) is 10.7. The van der Waals surface area contributed by atoms with Crippen LogP contribution in [-0.4, -0.2) is 38.1 Å². The van der Waals surface area contributed by atoms with E-state index in [0.717, 1.165) is 89.9 Å². The highest BCUT2D eigenvalue weighted by Crippen LogP contribution is 2.14. The van der Waals surface area contributed by atoms with Gasteiger partial charge in [0.1, 0.15) is 0 Å². The Morgan fingerprint density at radius 3 is 0.711 bits per heavy atom. The van der Waals surface area contributed by atoms with Crippen molar-refractivity contribution in [3.63, 3.8) is 0 Å². The predicted molar refractivity (Wildman–Crippen MR) is 147 cm³/mol. The molecule has 0 aliphatic carbocycles. The first kappa shape index (κ1) is 35.9. The molecule has 0 aliphatic heterocycles. The first-order chi connectivity index (χ1) is 18.5. The Balaban J connectivity index is 3.33. The second-order valence-corrected chi connectivity index (χ2v) is 10.1. The van der Waals surface area contributed by atoms with Gasteiger partial charge in [0, 0.05) is 12.8 Å². The van der Waals surface area contributed by atoms with Crippen LogP contribution in [0.4, 0.5) is 0 Å². The van der Waals surface area contributed by atoms with Crippen LogP contribution in [0.1, 0.15) is 154 Å². The molecule has 0 spiro atoms. The SMILES string of the molecule is COC(=O)CCCCCCCCCCCCC(=O)OOC(=O)CCCCCCCCCCCCC(=O)OC. The third-order valence-electron chi connectivity index (χ3n) is 6.71. The summed E-state index contributed by atoms with van der Waals surface area (Å²) in [6.07, 6.45) is 23.0. The fourth-order valence-corrected chi connectivity index (χ4v) is 4.29. The van der Waals surface area contributed by atoms with Crippen molar-refractivity contribution in [3.8, 4) is 0 Å². The van der Waals surface area contributed by atoms with Crippen molar-refractivity contribution >= 4 is 23.9 Å². The molecule has 0 rings (SSSR count). The van der Waals surface area contributed by atoms with Gasteiger partial charge in [0.25, 0.3) is 0 Å². The van der Waals surface area contributed by atoms with Crippen LogP contribution in [0.5, 0.6) is 0 Å². The lowest BCUT2D eigenvalue weighted by molar-refractivity contribution is -0.259. The molecule has 0 saturated carbocycles. The van der Waals surface area contributed by atoms with Crippen LogP contribution in [-0.2, 0) is 38.4 Å². The van der Waals surface area contributed by atoms with Gasteiger partial charge >= 0.3 is 23.9 Å². The maximum Gasteiger partial charge on any atom is 0.355 e. The number of hydrogen-bond donors (Lipinski definition) is 0. The Bertz CT molecular complexity index is 553. The fraction of sp³-hybridized carbons (Fsp3) is 0.867. The van der Waals surface area contributed by atoms with E-state index in [2.05, 4.69) is 19.2 Å². The second-order valence-electron chi connectivity index (χ2n) is 10.1. The van der Waals surface area contributed by atoms with Gasteiger partial charge in [-0.3, -0.25) is 9.59 Å². The van der Waals surface area contributed by atoms with Crippen molar-refractivity contribution in [2.45, 2.75) is 154 Å². The second kappa shape index (κ2) is 27.9. The number of hydrogen-bond acceptors (Lipinski definition) is 8. The van der Waals surface area contributed by atoms with Crippen LogP contribution in [0.3, 0.4) is 0 Å². The van der Waals surface area contributed by atoms with Crippen LogP contribution < -0.4 is 0 Å². The van der Waals surface area contributed by atoms with E-state index in [-0.39, 0.29) is 24.8 Å². The zero-order valence-electron chi connectivity index (χ0n) is 24.2. The third-order valence-corrected chi connectivity index (χ3v) is 6.71. The Morgan fingerprint density at radius 1 is 0.316 bits per heavy atom. The van der Waals surface area contributed by atoms with Crippen LogP contribution in [0.25, 0.3) is 0 Å². The summed E-state index contributed by atoms with van der Waals surface area (Å²) in [6.45, 7) is 0. The smallest absolute Gasteiger partial charge is 0.355 e. The molecule has 0 atom stereocenters. The monoisotopic (exact) mass is 542 g/mol. The van der Waals surface area contributed by atoms with Crippen molar-refractivity contribution in [1.29, 1.82) is 0 Å². The molecule has 0 fully saturated rings. The topological polar surface area (TPSA) is 105 Å². The number of methoxy groups -OCH3 is 2. The van der Waals surface area contributed by atoms with Gasteiger partial charge in [-0.2, -0.15) is 0 Å². The molecular weight excluding hydrogens is 488 g/mol. The Kier molecular flexibility index (Phi) is 26.3. The van der Waals surface area contributed by atoms with Crippen molar-refractivity contribution in [2.24, 2.45) is 0 Å².